The summed E-state index contributed by atoms with van der Waals surface area (Å²) in [6.45, 7) is 2.02. The molecular formula is C7H16BrNO2. The lowest BCUT2D eigenvalue weighted by Gasteiger charge is -2.18. The molecule has 0 rings (SSSR count). The van der Waals surface area contributed by atoms with Crippen LogP contribution in [0.3, 0.4) is 0 Å². The molecule has 0 aromatic heterocycles. The first-order valence-corrected chi connectivity index (χ1v) is 4.74. The number of alkyl halides is 1. The predicted octanol–water partition coefficient (Wildman–Crippen LogP) is 0.320. The Balaban J connectivity index is 3.32. The second-order valence-electron chi connectivity index (χ2n) is 2.56. The van der Waals surface area contributed by atoms with Crippen molar-refractivity contribution in [2.24, 2.45) is 0 Å². The molecule has 0 aliphatic heterocycles. The number of hydrogen-bond donors (Lipinski definition) is 1. The summed E-state index contributed by atoms with van der Waals surface area (Å²) in [5, 5.41) is 10.2. The second-order valence-corrected chi connectivity index (χ2v) is 3.35. The maximum atomic E-state index is 9.26. The van der Waals surface area contributed by atoms with E-state index in [1.165, 1.54) is 0 Å². The summed E-state index contributed by atoms with van der Waals surface area (Å²) < 4.78 is 4.79. The molecule has 3 nitrogen and oxygen atoms in total. The van der Waals surface area contributed by atoms with Crippen molar-refractivity contribution in [3.05, 3.63) is 0 Å². The maximum absolute atomic E-state index is 9.26. The van der Waals surface area contributed by atoms with E-state index in [-0.39, 0.29) is 6.10 Å². The molecule has 0 saturated heterocycles. The number of likely N-dealkylation sites (N-methyl/N-ethyl adjacent to an activating group) is 1. The Hall–Kier alpha value is 0.360. The van der Waals surface area contributed by atoms with Crippen LogP contribution in [0.1, 0.15) is 0 Å². The van der Waals surface area contributed by atoms with Crippen molar-refractivity contribution >= 4 is 15.9 Å². The van der Waals surface area contributed by atoms with Gasteiger partial charge < -0.3 is 14.7 Å². The van der Waals surface area contributed by atoms with Crippen LogP contribution in [-0.2, 0) is 4.74 Å². The number of nitrogens with zero attached hydrogens (tertiary/aromatic N) is 1. The minimum Gasteiger partial charge on any atom is -0.389 e. The third-order valence-electron chi connectivity index (χ3n) is 1.35. The van der Waals surface area contributed by atoms with Gasteiger partial charge in [0, 0.05) is 25.5 Å². The first-order chi connectivity index (χ1) is 5.20. The van der Waals surface area contributed by atoms with Crippen molar-refractivity contribution in [3.8, 4) is 0 Å². The lowest BCUT2D eigenvalue weighted by molar-refractivity contribution is 0.0445. The van der Waals surface area contributed by atoms with E-state index in [0.29, 0.717) is 13.2 Å². The van der Waals surface area contributed by atoms with Crippen LogP contribution >= 0.6 is 15.9 Å². The molecule has 0 radical (unpaired) electrons. The maximum Gasteiger partial charge on any atom is 0.0899 e. The van der Waals surface area contributed by atoms with Crippen LogP contribution in [0.4, 0.5) is 0 Å². The molecule has 0 saturated carbocycles. The van der Waals surface area contributed by atoms with Gasteiger partial charge in [0.15, 0.2) is 0 Å². The van der Waals surface area contributed by atoms with Crippen LogP contribution in [0.5, 0.6) is 0 Å². The Morgan fingerprint density at radius 3 is 2.73 bits per heavy atom. The first kappa shape index (κ1) is 11.4. The van der Waals surface area contributed by atoms with Gasteiger partial charge in [-0.2, -0.15) is 0 Å². The molecule has 0 spiro atoms. The Kier molecular flexibility index (Phi) is 7.26. The van der Waals surface area contributed by atoms with Crippen molar-refractivity contribution in [2.45, 2.75) is 6.10 Å². The summed E-state index contributed by atoms with van der Waals surface area (Å²) in [5.74, 6) is 0. The van der Waals surface area contributed by atoms with Crippen molar-refractivity contribution in [2.75, 3.05) is 39.2 Å². The fraction of sp³-hybridized carbons (Fsp3) is 1.00. The lowest BCUT2D eigenvalue weighted by atomic mass is 10.3. The molecule has 0 aromatic rings. The van der Waals surface area contributed by atoms with Crippen LogP contribution in [0.15, 0.2) is 0 Å². The smallest absolute Gasteiger partial charge is 0.0899 e. The molecule has 1 unspecified atom stereocenters. The number of aliphatic hydroxyl groups is 1. The fourth-order valence-electron chi connectivity index (χ4n) is 0.840. The molecule has 68 valence electrons. The second kappa shape index (κ2) is 7.03. The largest absolute Gasteiger partial charge is 0.389 e. The van der Waals surface area contributed by atoms with E-state index in [1.54, 1.807) is 7.11 Å². The van der Waals surface area contributed by atoms with E-state index in [1.807, 2.05) is 7.05 Å². The monoisotopic (exact) mass is 225 g/mol. The molecule has 0 amide bonds. The number of rotatable bonds is 6. The van der Waals surface area contributed by atoms with Crippen molar-refractivity contribution in [1.29, 1.82) is 0 Å². The van der Waals surface area contributed by atoms with Gasteiger partial charge in [0.25, 0.3) is 0 Å². The highest BCUT2D eigenvalue weighted by molar-refractivity contribution is 9.09. The molecule has 0 aliphatic carbocycles. The number of hydrogen-bond acceptors (Lipinski definition) is 3. The van der Waals surface area contributed by atoms with Crippen molar-refractivity contribution in [3.63, 3.8) is 0 Å². The number of ether oxygens (including phenoxy) is 1. The Morgan fingerprint density at radius 2 is 2.27 bits per heavy atom. The summed E-state index contributed by atoms with van der Waals surface area (Å²) in [7, 11) is 3.56. The average Bonchev–Trinajstić information content (AvgIpc) is 1.87. The van der Waals surface area contributed by atoms with E-state index in [2.05, 4.69) is 20.8 Å². The zero-order valence-electron chi connectivity index (χ0n) is 7.09. The summed E-state index contributed by atoms with van der Waals surface area (Å²) in [6.07, 6.45) is -0.371. The number of methoxy groups -OCH3 is 1. The van der Waals surface area contributed by atoms with Crippen molar-refractivity contribution < 1.29 is 9.84 Å². The Bertz CT molecular complexity index is 82.5. The molecule has 11 heavy (non-hydrogen) atoms. The predicted molar refractivity (Wildman–Crippen MR) is 49.2 cm³/mol. The van der Waals surface area contributed by atoms with Gasteiger partial charge in [0.2, 0.25) is 0 Å². The van der Waals surface area contributed by atoms with E-state index in [9.17, 15) is 5.11 Å². The van der Waals surface area contributed by atoms with E-state index in [4.69, 9.17) is 4.74 Å². The highest BCUT2D eigenvalue weighted by Crippen LogP contribution is 1.91. The molecule has 4 heteroatoms. The molecule has 1 atom stereocenters. The van der Waals surface area contributed by atoms with Gasteiger partial charge in [-0.25, -0.2) is 0 Å². The summed E-state index contributed by atoms with van der Waals surface area (Å²) in [6, 6.07) is 0. The van der Waals surface area contributed by atoms with Gasteiger partial charge in [-0.3, -0.25) is 0 Å². The Labute approximate surface area is 76.5 Å². The Morgan fingerprint density at radius 1 is 1.64 bits per heavy atom. The summed E-state index contributed by atoms with van der Waals surface area (Å²) in [4.78, 5) is 2.05. The van der Waals surface area contributed by atoms with E-state index in [0.717, 1.165) is 11.9 Å². The van der Waals surface area contributed by atoms with Crippen molar-refractivity contribution in [1.82, 2.24) is 4.90 Å². The van der Waals surface area contributed by atoms with Gasteiger partial charge in [-0.1, -0.05) is 15.9 Å². The molecular weight excluding hydrogens is 210 g/mol. The number of halogens is 1. The van der Waals surface area contributed by atoms with E-state index >= 15 is 0 Å². The van der Waals surface area contributed by atoms with Gasteiger partial charge in [-0.05, 0) is 7.05 Å². The van der Waals surface area contributed by atoms with Crippen LogP contribution in [0.2, 0.25) is 0 Å². The lowest BCUT2D eigenvalue weighted by Crippen LogP contribution is -2.32. The van der Waals surface area contributed by atoms with Gasteiger partial charge >= 0.3 is 0 Å². The standard InChI is InChI=1S/C7H16BrNO2/c1-9(4-3-8)5-7(10)6-11-2/h7,10H,3-6H2,1-2H3. The van der Waals surface area contributed by atoms with Gasteiger partial charge in [-0.15, -0.1) is 0 Å². The molecule has 0 bridgehead atoms. The topological polar surface area (TPSA) is 32.7 Å². The molecule has 0 aromatic carbocycles. The zero-order chi connectivity index (χ0) is 8.69. The average molecular weight is 226 g/mol. The quantitative estimate of drug-likeness (QED) is 0.662. The molecule has 0 aliphatic rings. The van der Waals surface area contributed by atoms with Crippen LogP contribution < -0.4 is 0 Å². The zero-order valence-corrected chi connectivity index (χ0v) is 8.67. The van der Waals surface area contributed by atoms with Crippen LogP contribution in [0.25, 0.3) is 0 Å². The van der Waals surface area contributed by atoms with Gasteiger partial charge in [0.1, 0.15) is 0 Å². The van der Waals surface area contributed by atoms with Crippen LogP contribution in [-0.4, -0.2) is 55.3 Å². The van der Waals surface area contributed by atoms with Gasteiger partial charge in [0.05, 0.1) is 12.7 Å². The highest BCUT2D eigenvalue weighted by Gasteiger charge is 2.06. The highest BCUT2D eigenvalue weighted by atomic mass is 79.9. The normalized spacial score (nSPS) is 13.9. The molecule has 1 N–H and O–H groups in total. The van der Waals surface area contributed by atoms with E-state index < -0.39 is 0 Å². The van der Waals surface area contributed by atoms with Crippen LogP contribution in [0, 0.1) is 0 Å². The third kappa shape index (κ3) is 6.75. The summed E-state index contributed by atoms with van der Waals surface area (Å²) in [5.41, 5.74) is 0. The molecule has 0 fully saturated rings. The molecule has 0 heterocycles. The first-order valence-electron chi connectivity index (χ1n) is 3.62. The minimum atomic E-state index is -0.371. The SMILES string of the molecule is COCC(O)CN(C)CCBr. The number of aliphatic hydroxyl groups excluding tert-OH is 1. The summed E-state index contributed by atoms with van der Waals surface area (Å²) >= 11 is 3.32. The fourth-order valence-corrected chi connectivity index (χ4v) is 1.45. The third-order valence-corrected chi connectivity index (χ3v) is 1.70. The minimum absolute atomic E-state index is 0.371.